The van der Waals surface area contributed by atoms with Crippen LogP contribution in [0.15, 0.2) is 77.8 Å². The van der Waals surface area contributed by atoms with E-state index in [9.17, 15) is 19.9 Å². The number of benzene rings is 3. The van der Waals surface area contributed by atoms with Gasteiger partial charge in [-0.05, 0) is 37.8 Å². The van der Waals surface area contributed by atoms with Crippen LogP contribution in [0.3, 0.4) is 0 Å². The number of aliphatic hydroxyl groups excluding tert-OH is 1. The molecule has 16 heteroatoms. The normalized spacial score (nSPS) is 22.2. The molecule has 15 nitrogen and oxygen atoms in total. The number of aromatic nitrogens is 4. The summed E-state index contributed by atoms with van der Waals surface area (Å²) in [6.07, 6.45) is -2.66. The summed E-state index contributed by atoms with van der Waals surface area (Å²) in [5.74, 6) is 0.00853. The number of hydrogen-bond donors (Lipinski definition) is 4. The minimum Gasteiger partial charge on any atom is -0.575 e. The zero-order chi connectivity index (χ0) is 34.9. The highest BCUT2D eigenvalue weighted by molar-refractivity contribution is 7.34. The second kappa shape index (κ2) is 13.9. The van der Waals surface area contributed by atoms with E-state index in [-0.39, 0.29) is 24.1 Å². The Kier molecular flexibility index (Phi) is 9.63. The Bertz CT molecular complexity index is 2010. The van der Waals surface area contributed by atoms with E-state index in [1.54, 1.807) is 38.2 Å². The number of carbonyl (C=O) groups is 1. The van der Waals surface area contributed by atoms with Gasteiger partial charge in [0.1, 0.15) is 30.5 Å². The minimum absolute atomic E-state index is 0.0152. The summed E-state index contributed by atoms with van der Waals surface area (Å²) in [5, 5.41) is 26.8. The lowest BCUT2D eigenvalue weighted by Crippen LogP contribution is -2.44. The first-order valence-electron chi connectivity index (χ1n) is 15.5. The highest BCUT2D eigenvalue weighted by atomic mass is 31.1. The smallest absolute Gasteiger partial charge is 0.395 e. The summed E-state index contributed by atoms with van der Waals surface area (Å²) in [7, 11) is -1.10. The molecule has 1 aliphatic heterocycles. The van der Waals surface area contributed by atoms with E-state index in [2.05, 4.69) is 25.0 Å². The Hall–Kier alpha value is -4.92. The first kappa shape index (κ1) is 34.0. The molecule has 0 spiro atoms. The van der Waals surface area contributed by atoms with E-state index in [1.807, 2.05) is 42.5 Å². The number of nitrogens with one attached hydrogen (secondary N) is 1. The molecule has 1 fully saturated rings. The van der Waals surface area contributed by atoms with Crippen LogP contribution in [0.1, 0.15) is 38.7 Å². The average Bonchev–Trinajstić information content (AvgIpc) is 3.60. The molecule has 0 saturated carbocycles. The predicted octanol–water partition coefficient (Wildman–Crippen LogP) is 3.62. The molecule has 256 valence electrons. The highest BCUT2D eigenvalue weighted by Gasteiger charge is 2.54. The number of anilines is 2. The van der Waals surface area contributed by atoms with Gasteiger partial charge >= 0.3 is 14.1 Å². The summed E-state index contributed by atoms with van der Waals surface area (Å²) < 4.78 is 29.1. The van der Waals surface area contributed by atoms with Crippen LogP contribution in [0.5, 0.6) is 11.5 Å². The first-order chi connectivity index (χ1) is 23.5. The number of hydrogen-bond acceptors (Lipinski definition) is 14. The van der Waals surface area contributed by atoms with Gasteiger partial charge in [-0.15, -0.1) is 0 Å². The second-order valence-corrected chi connectivity index (χ2v) is 12.6. The Morgan fingerprint density at radius 1 is 1.16 bits per heavy atom. The van der Waals surface area contributed by atoms with Crippen molar-refractivity contribution in [3.05, 3.63) is 78.6 Å². The lowest BCUT2D eigenvalue weighted by atomic mass is 9.96. The molecule has 3 aromatic carbocycles. The third-order valence-corrected chi connectivity index (χ3v) is 9.14. The zero-order valence-electron chi connectivity index (χ0n) is 27.1. The number of aliphatic hydroxyl groups is 2. The maximum Gasteiger partial charge on any atom is 0.395 e. The van der Waals surface area contributed by atoms with Crippen LogP contribution >= 0.6 is 8.17 Å². The summed E-state index contributed by atoms with van der Waals surface area (Å²) >= 11 is 0. The van der Waals surface area contributed by atoms with Crippen LogP contribution in [0, 0.1) is 0 Å². The molecule has 1 saturated heterocycles. The topological polar surface area (TPSA) is 212 Å². The average molecular weight is 690 g/mol. The number of ether oxygens (including phenoxy) is 3. The van der Waals surface area contributed by atoms with Gasteiger partial charge in [-0.25, -0.2) is 9.78 Å². The van der Waals surface area contributed by atoms with Crippen molar-refractivity contribution < 1.29 is 38.6 Å². The predicted molar refractivity (Wildman–Crippen MR) is 180 cm³/mol. The number of fused-ring (bicyclic) bond motifs is 2. The van der Waals surface area contributed by atoms with Crippen molar-refractivity contribution in [2.24, 2.45) is 4.74 Å². The molecule has 5 N–H and O–H groups in total. The van der Waals surface area contributed by atoms with Gasteiger partial charge in [0.25, 0.3) is 0 Å². The summed E-state index contributed by atoms with van der Waals surface area (Å²) in [6.45, 7) is 4.41. The molecule has 0 aliphatic carbocycles. The van der Waals surface area contributed by atoms with Crippen LogP contribution in [-0.2, 0) is 14.3 Å². The Morgan fingerprint density at radius 2 is 1.90 bits per heavy atom. The van der Waals surface area contributed by atoms with Crippen LogP contribution in [-0.4, -0.2) is 73.2 Å². The lowest BCUT2D eigenvalue weighted by molar-refractivity contribution is -0.170. The van der Waals surface area contributed by atoms with E-state index >= 15 is 0 Å². The fraction of sp³-hybridized carbons (Fsp3) is 0.333. The van der Waals surface area contributed by atoms with Gasteiger partial charge in [0.05, 0.1) is 6.33 Å². The van der Waals surface area contributed by atoms with Crippen molar-refractivity contribution in [3.63, 3.8) is 0 Å². The van der Waals surface area contributed by atoms with Gasteiger partial charge < -0.3 is 40.4 Å². The van der Waals surface area contributed by atoms with E-state index in [0.29, 0.717) is 22.4 Å². The fourth-order valence-corrected chi connectivity index (χ4v) is 6.38. The number of carbonyl (C=O) groups excluding carboxylic acids is 1. The van der Waals surface area contributed by atoms with Crippen LogP contribution < -0.4 is 25.2 Å². The monoisotopic (exact) mass is 689 g/mol. The Morgan fingerprint density at radius 3 is 2.65 bits per heavy atom. The number of nitrogens with zero attached hydrogens (tertiary/aromatic N) is 5. The first-order valence-corrected chi connectivity index (χ1v) is 16.6. The van der Waals surface area contributed by atoms with E-state index in [0.717, 1.165) is 10.9 Å². The van der Waals surface area contributed by atoms with E-state index in [4.69, 9.17) is 24.5 Å². The number of imidazole rings is 1. The summed E-state index contributed by atoms with van der Waals surface area (Å²) in [4.78, 5) is 38.7. The summed E-state index contributed by atoms with van der Waals surface area (Å²) in [6, 6.07) is 18.8. The SMILES string of the molecule is CNc1nc(N)nc2c1ncn2C1O[C@H](COc2ccc3ccccc3c2O/[P+]([O-])=N/[C@@H](C)C(=O)O[C@@H](C)c2ccccc2)[C@@H](O)[C@@]1(C)O. The van der Waals surface area contributed by atoms with Gasteiger partial charge in [-0.2, -0.15) is 9.97 Å². The standard InChI is InChI=1S/C33H36N7O8P/c1-18(30(42)46-19(2)20-10-6-5-7-11-20)39-49(44)48-26-22-13-9-8-12-21(22)14-15-23(26)45-16-24-27(41)33(3,43)31(47-24)40-17-36-25-28(35-4)37-32(34)38-29(25)40/h5-15,17-19,24,27,31,41,43H,16H2,1-4H3,(H3,34,35,37,38)/t18-,19-,24+,27+,31?,33+/m0/s1. The van der Waals surface area contributed by atoms with E-state index in [1.165, 1.54) is 24.7 Å². The summed E-state index contributed by atoms with van der Waals surface area (Å²) in [5.41, 5.74) is 5.60. The van der Waals surface area contributed by atoms with Gasteiger partial charge in [0.15, 0.2) is 35.0 Å². The van der Waals surface area contributed by atoms with Crippen molar-refractivity contribution in [1.82, 2.24) is 19.5 Å². The maximum atomic E-state index is 13.2. The van der Waals surface area contributed by atoms with Crippen molar-refractivity contribution >= 4 is 47.8 Å². The molecule has 0 radical (unpaired) electrons. The lowest BCUT2D eigenvalue weighted by Gasteiger charge is -2.27. The quantitative estimate of drug-likeness (QED) is 0.115. The van der Waals surface area contributed by atoms with Crippen LogP contribution in [0.4, 0.5) is 11.8 Å². The number of rotatable bonds is 11. The third-order valence-electron chi connectivity index (χ3n) is 8.27. The molecule has 2 unspecified atom stereocenters. The number of nitrogens with two attached hydrogens (primary N) is 1. The van der Waals surface area contributed by atoms with Crippen LogP contribution in [0.2, 0.25) is 0 Å². The van der Waals surface area contributed by atoms with Crippen molar-refractivity contribution in [1.29, 1.82) is 0 Å². The molecule has 0 bridgehead atoms. The molecular weight excluding hydrogens is 653 g/mol. The molecule has 7 atom stereocenters. The fourth-order valence-electron chi connectivity index (χ4n) is 5.61. The van der Waals surface area contributed by atoms with Gasteiger partial charge in [0, 0.05) is 12.4 Å². The third kappa shape index (κ3) is 6.84. The van der Waals surface area contributed by atoms with Crippen molar-refractivity contribution in [3.8, 4) is 11.5 Å². The molecule has 6 rings (SSSR count). The maximum absolute atomic E-state index is 13.2. The van der Waals surface area contributed by atoms with Crippen molar-refractivity contribution in [2.45, 2.75) is 57.0 Å². The van der Waals surface area contributed by atoms with Gasteiger partial charge in [-0.1, -0.05) is 65.4 Å². The van der Waals surface area contributed by atoms with E-state index < -0.39 is 50.3 Å². The zero-order valence-corrected chi connectivity index (χ0v) is 28.0. The number of nitrogen functional groups attached to an aromatic ring is 1. The molecule has 49 heavy (non-hydrogen) atoms. The molecule has 2 aromatic heterocycles. The van der Waals surface area contributed by atoms with Gasteiger partial charge in [0.2, 0.25) is 11.7 Å². The Labute approximate surface area is 282 Å². The van der Waals surface area contributed by atoms with Crippen LogP contribution in [0.25, 0.3) is 21.9 Å². The number of esters is 1. The highest BCUT2D eigenvalue weighted by Crippen LogP contribution is 2.43. The molecule has 5 aromatic rings. The largest absolute Gasteiger partial charge is 0.575 e. The van der Waals surface area contributed by atoms with Gasteiger partial charge in [-0.3, -0.25) is 9.09 Å². The second-order valence-electron chi connectivity index (χ2n) is 11.7. The molecule has 1 aliphatic rings. The molecule has 3 heterocycles. The minimum atomic E-state index is -2.76. The van der Waals surface area contributed by atoms with Crippen molar-refractivity contribution in [2.75, 3.05) is 24.7 Å². The molecular formula is C33H36N7O8P. The molecule has 0 amide bonds. The Balaban J connectivity index is 1.21.